The van der Waals surface area contributed by atoms with Gasteiger partial charge in [0.15, 0.2) is 10.8 Å². The Labute approximate surface area is 129 Å². The molecule has 0 aliphatic heterocycles. The van der Waals surface area contributed by atoms with Crippen molar-refractivity contribution in [2.24, 2.45) is 0 Å². The lowest BCUT2D eigenvalue weighted by Crippen LogP contribution is -1.96. The van der Waals surface area contributed by atoms with Crippen LogP contribution in [0.25, 0.3) is 28.0 Å². The number of ether oxygens (including phenoxy) is 1. The second kappa shape index (κ2) is 4.96. The fraction of sp³-hybridized carbons (Fsp3) is 0.143. The van der Waals surface area contributed by atoms with E-state index in [1.54, 1.807) is 10.6 Å². The van der Waals surface area contributed by atoms with Crippen LogP contribution in [-0.4, -0.2) is 31.6 Å². The van der Waals surface area contributed by atoms with Crippen LogP contribution in [0.1, 0.15) is 6.92 Å². The van der Waals surface area contributed by atoms with Crippen molar-refractivity contribution < 1.29 is 9.26 Å². The van der Waals surface area contributed by atoms with Gasteiger partial charge >= 0.3 is 0 Å². The van der Waals surface area contributed by atoms with Gasteiger partial charge in [-0.15, -0.1) is 10.2 Å². The van der Waals surface area contributed by atoms with E-state index in [4.69, 9.17) is 20.9 Å². The molecule has 0 saturated carbocycles. The van der Waals surface area contributed by atoms with Crippen molar-refractivity contribution in [2.75, 3.05) is 6.61 Å². The summed E-state index contributed by atoms with van der Waals surface area (Å²) in [6.07, 6.45) is 0. The highest BCUT2D eigenvalue weighted by molar-refractivity contribution is 6.34. The maximum atomic E-state index is 6.25. The summed E-state index contributed by atoms with van der Waals surface area (Å²) in [6, 6.07) is 9.26. The number of nitrogens with zero attached hydrogens (tertiary/aromatic N) is 5. The molecule has 0 aliphatic carbocycles. The van der Waals surface area contributed by atoms with Crippen molar-refractivity contribution in [3.8, 4) is 17.5 Å². The lowest BCUT2D eigenvalue weighted by atomic mass is 10.2. The van der Waals surface area contributed by atoms with Crippen LogP contribution in [0.4, 0.5) is 0 Å². The van der Waals surface area contributed by atoms with Crippen LogP contribution in [-0.2, 0) is 0 Å². The highest BCUT2D eigenvalue weighted by atomic mass is 35.5. The molecule has 0 saturated heterocycles. The Kier molecular flexibility index (Phi) is 2.93. The Bertz CT molecular complexity index is 978. The topological polar surface area (TPSA) is 78.3 Å². The van der Waals surface area contributed by atoms with Crippen molar-refractivity contribution in [3.63, 3.8) is 0 Å². The first-order valence-corrected chi connectivity index (χ1v) is 7.05. The Morgan fingerprint density at radius 1 is 1.23 bits per heavy atom. The molecule has 0 amide bonds. The molecule has 0 atom stereocenters. The third kappa shape index (κ3) is 1.90. The van der Waals surface area contributed by atoms with Gasteiger partial charge in [-0.25, -0.2) is 0 Å². The molecule has 3 heterocycles. The van der Waals surface area contributed by atoms with E-state index in [1.807, 2.05) is 31.2 Å². The van der Waals surface area contributed by atoms with Crippen molar-refractivity contribution in [1.29, 1.82) is 0 Å². The average molecular weight is 316 g/mol. The predicted molar refractivity (Wildman–Crippen MR) is 80.0 cm³/mol. The van der Waals surface area contributed by atoms with Crippen LogP contribution in [0.3, 0.4) is 0 Å². The Hall–Kier alpha value is -2.67. The smallest absolute Gasteiger partial charge is 0.254 e. The van der Waals surface area contributed by atoms with Crippen LogP contribution in [0, 0.1) is 0 Å². The molecule has 0 N–H and O–H groups in total. The molecule has 0 spiro atoms. The minimum atomic E-state index is 0.369. The van der Waals surface area contributed by atoms with Gasteiger partial charge in [-0.05, 0) is 12.1 Å². The first-order chi connectivity index (χ1) is 10.8. The molecule has 3 aromatic heterocycles. The number of benzene rings is 1. The molecule has 1 aromatic carbocycles. The van der Waals surface area contributed by atoms with Crippen LogP contribution < -0.4 is 4.74 Å². The van der Waals surface area contributed by atoms with E-state index in [1.165, 1.54) is 0 Å². The largest absolute Gasteiger partial charge is 0.476 e. The van der Waals surface area contributed by atoms with Crippen molar-refractivity contribution >= 4 is 28.0 Å². The van der Waals surface area contributed by atoms with Gasteiger partial charge in [0.1, 0.15) is 0 Å². The summed E-state index contributed by atoms with van der Waals surface area (Å²) in [6.45, 7) is 2.37. The summed E-state index contributed by atoms with van der Waals surface area (Å²) in [4.78, 5) is 0. The molecule has 0 aliphatic rings. The number of rotatable bonds is 3. The molecule has 4 rings (SSSR count). The SMILES string of the molecule is CCOc1cc(-c2nnc3c4ccccc4c(Cl)nn23)on1. The molecule has 7 nitrogen and oxygen atoms in total. The van der Waals surface area contributed by atoms with Gasteiger partial charge in [-0.3, -0.25) is 0 Å². The molecule has 0 radical (unpaired) electrons. The first-order valence-electron chi connectivity index (χ1n) is 6.67. The van der Waals surface area contributed by atoms with Crippen molar-refractivity contribution in [3.05, 3.63) is 35.5 Å². The zero-order valence-corrected chi connectivity index (χ0v) is 12.3. The van der Waals surface area contributed by atoms with Crippen LogP contribution in [0.15, 0.2) is 34.9 Å². The molecule has 0 fully saturated rings. The normalized spacial score (nSPS) is 11.4. The minimum absolute atomic E-state index is 0.369. The lowest BCUT2D eigenvalue weighted by molar-refractivity contribution is 0.296. The maximum absolute atomic E-state index is 6.25. The minimum Gasteiger partial charge on any atom is -0.476 e. The molecule has 0 bridgehead atoms. The third-order valence-electron chi connectivity index (χ3n) is 3.22. The second-order valence-corrected chi connectivity index (χ2v) is 4.92. The number of aromatic nitrogens is 5. The number of hydrogen-bond acceptors (Lipinski definition) is 6. The number of fused-ring (bicyclic) bond motifs is 3. The fourth-order valence-corrected chi connectivity index (χ4v) is 2.52. The van der Waals surface area contributed by atoms with E-state index < -0.39 is 0 Å². The van der Waals surface area contributed by atoms with Gasteiger partial charge in [0.25, 0.3) is 5.88 Å². The summed E-state index contributed by atoms with van der Waals surface area (Å²) < 4.78 is 12.1. The molecular formula is C14H10ClN5O2. The van der Waals surface area contributed by atoms with E-state index in [0.29, 0.717) is 34.9 Å². The number of hydrogen-bond donors (Lipinski definition) is 0. The van der Waals surface area contributed by atoms with E-state index >= 15 is 0 Å². The molecule has 0 unspecified atom stereocenters. The molecule has 110 valence electrons. The first kappa shape index (κ1) is 13.0. The van der Waals surface area contributed by atoms with E-state index in [-0.39, 0.29) is 0 Å². The summed E-state index contributed by atoms with van der Waals surface area (Å²) in [5.74, 6) is 1.22. The van der Waals surface area contributed by atoms with Gasteiger partial charge in [0, 0.05) is 10.8 Å². The highest BCUT2D eigenvalue weighted by Crippen LogP contribution is 2.28. The zero-order chi connectivity index (χ0) is 15.1. The second-order valence-electron chi connectivity index (χ2n) is 4.56. The summed E-state index contributed by atoms with van der Waals surface area (Å²) in [7, 11) is 0. The predicted octanol–water partition coefficient (Wildman–Crippen LogP) is 2.98. The zero-order valence-electron chi connectivity index (χ0n) is 11.5. The highest BCUT2D eigenvalue weighted by Gasteiger charge is 2.18. The monoisotopic (exact) mass is 315 g/mol. The quantitative estimate of drug-likeness (QED) is 0.578. The number of halogens is 1. The lowest BCUT2D eigenvalue weighted by Gasteiger charge is -2.01. The Morgan fingerprint density at radius 2 is 2.05 bits per heavy atom. The van der Waals surface area contributed by atoms with E-state index in [2.05, 4.69) is 20.5 Å². The van der Waals surface area contributed by atoms with Crippen molar-refractivity contribution in [1.82, 2.24) is 25.0 Å². The fourth-order valence-electron chi connectivity index (χ4n) is 2.28. The average Bonchev–Trinajstić information content (AvgIpc) is 3.14. The Morgan fingerprint density at radius 3 is 2.86 bits per heavy atom. The standard InChI is InChI=1S/C14H10ClN5O2/c1-2-21-11-7-10(22-19-11)14-17-16-13-9-6-4-3-5-8(9)12(15)18-20(13)14/h3-7H,2H2,1H3. The summed E-state index contributed by atoms with van der Waals surface area (Å²) >= 11 is 6.25. The summed E-state index contributed by atoms with van der Waals surface area (Å²) in [5, 5.41) is 18.5. The molecular weight excluding hydrogens is 306 g/mol. The van der Waals surface area contributed by atoms with Gasteiger partial charge in [0.2, 0.25) is 11.6 Å². The molecule has 22 heavy (non-hydrogen) atoms. The van der Waals surface area contributed by atoms with Gasteiger partial charge in [0.05, 0.1) is 12.7 Å². The van der Waals surface area contributed by atoms with E-state index in [9.17, 15) is 0 Å². The molecule has 4 aromatic rings. The third-order valence-corrected chi connectivity index (χ3v) is 3.50. The van der Waals surface area contributed by atoms with Crippen molar-refractivity contribution in [2.45, 2.75) is 6.92 Å². The summed E-state index contributed by atoms with van der Waals surface area (Å²) in [5.41, 5.74) is 0.601. The van der Waals surface area contributed by atoms with Gasteiger partial charge < -0.3 is 9.26 Å². The maximum Gasteiger partial charge on any atom is 0.254 e. The Balaban J connectivity index is 1.95. The van der Waals surface area contributed by atoms with Crippen LogP contribution >= 0.6 is 11.6 Å². The molecule has 8 heteroatoms. The van der Waals surface area contributed by atoms with Gasteiger partial charge in [-0.1, -0.05) is 35.9 Å². The van der Waals surface area contributed by atoms with E-state index in [0.717, 1.165) is 10.8 Å². The van der Waals surface area contributed by atoms with Crippen LogP contribution in [0.5, 0.6) is 5.88 Å². The van der Waals surface area contributed by atoms with Gasteiger partial charge in [-0.2, -0.15) is 9.61 Å². The van der Waals surface area contributed by atoms with Crippen LogP contribution in [0.2, 0.25) is 5.15 Å².